The molecule has 1 aromatic rings. The van der Waals surface area contributed by atoms with Crippen molar-refractivity contribution < 1.29 is 19.4 Å². The molecule has 0 unspecified atom stereocenters. The molecule has 5 nitrogen and oxygen atoms in total. The summed E-state index contributed by atoms with van der Waals surface area (Å²) in [6, 6.07) is 7.88. The van der Waals surface area contributed by atoms with Crippen molar-refractivity contribution in [1.82, 2.24) is 4.90 Å². The van der Waals surface area contributed by atoms with Gasteiger partial charge in [0.1, 0.15) is 5.75 Å². The van der Waals surface area contributed by atoms with Crippen molar-refractivity contribution in [2.75, 3.05) is 19.7 Å². The molecule has 120 valence electrons. The van der Waals surface area contributed by atoms with Crippen LogP contribution in [0.3, 0.4) is 0 Å². The summed E-state index contributed by atoms with van der Waals surface area (Å²) in [6.07, 6.45) is 0.816. The maximum Gasteiger partial charge on any atom is 0.308 e. The van der Waals surface area contributed by atoms with Crippen molar-refractivity contribution in [3.63, 3.8) is 0 Å². The van der Waals surface area contributed by atoms with Crippen molar-refractivity contribution in [1.29, 1.82) is 0 Å². The quantitative estimate of drug-likeness (QED) is 0.877. The minimum atomic E-state index is -0.822. The maximum absolute atomic E-state index is 12.0. The fourth-order valence-electron chi connectivity index (χ4n) is 2.55. The molecule has 1 saturated heterocycles. The summed E-state index contributed by atoms with van der Waals surface area (Å²) in [4.78, 5) is 24.5. The number of hydrogen-bond donors (Lipinski definition) is 1. The van der Waals surface area contributed by atoms with Crippen LogP contribution in [0, 0.1) is 5.92 Å². The van der Waals surface area contributed by atoms with E-state index in [1.165, 1.54) is 5.56 Å². The molecule has 0 spiro atoms. The average molecular weight is 305 g/mol. The number of carboxylic acid groups (broad SMARTS) is 1. The minimum absolute atomic E-state index is 0.0393. The molecule has 1 heterocycles. The van der Waals surface area contributed by atoms with Gasteiger partial charge in [-0.05, 0) is 30.0 Å². The lowest BCUT2D eigenvalue weighted by molar-refractivity contribution is -0.141. The molecule has 1 aromatic carbocycles. The zero-order valence-electron chi connectivity index (χ0n) is 13.1. The third-order valence-corrected chi connectivity index (χ3v) is 4.02. The lowest BCUT2D eigenvalue weighted by Crippen LogP contribution is -2.30. The molecule has 1 amide bonds. The van der Waals surface area contributed by atoms with Crippen molar-refractivity contribution in [2.45, 2.75) is 32.6 Å². The molecular formula is C17H23NO4. The fraction of sp³-hybridized carbons (Fsp3) is 0.529. The van der Waals surface area contributed by atoms with Crippen molar-refractivity contribution in [3.8, 4) is 5.75 Å². The first-order valence-electron chi connectivity index (χ1n) is 7.70. The van der Waals surface area contributed by atoms with Gasteiger partial charge in [0.15, 0.2) is 0 Å². The van der Waals surface area contributed by atoms with Crippen LogP contribution in [0.5, 0.6) is 5.75 Å². The van der Waals surface area contributed by atoms with Gasteiger partial charge in [0.05, 0.1) is 18.9 Å². The normalized spacial score (nSPS) is 17.8. The second-order valence-electron chi connectivity index (χ2n) is 5.99. The Labute approximate surface area is 130 Å². The Morgan fingerprint density at radius 3 is 2.55 bits per heavy atom. The van der Waals surface area contributed by atoms with Crippen LogP contribution in [0.2, 0.25) is 0 Å². The molecule has 22 heavy (non-hydrogen) atoms. The molecule has 1 aliphatic heterocycles. The van der Waals surface area contributed by atoms with E-state index in [-0.39, 0.29) is 12.3 Å². The van der Waals surface area contributed by atoms with Gasteiger partial charge >= 0.3 is 5.97 Å². The second kappa shape index (κ2) is 7.29. The molecule has 0 aromatic heterocycles. The zero-order valence-corrected chi connectivity index (χ0v) is 13.1. The predicted octanol–water partition coefficient (Wildman–Crippen LogP) is 2.51. The van der Waals surface area contributed by atoms with Crippen molar-refractivity contribution in [2.24, 2.45) is 5.92 Å². The maximum atomic E-state index is 12.0. The minimum Gasteiger partial charge on any atom is -0.493 e. The number of carbonyl (C=O) groups is 2. The number of benzene rings is 1. The molecule has 0 bridgehead atoms. The first-order valence-corrected chi connectivity index (χ1v) is 7.70. The number of aliphatic carboxylic acids is 1. The summed E-state index contributed by atoms with van der Waals surface area (Å²) >= 11 is 0. The fourth-order valence-corrected chi connectivity index (χ4v) is 2.55. The summed E-state index contributed by atoms with van der Waals surface area (Å²) in [5.74, 6) is -0.0530. The summed E-state index contributed by atoms with van der Waals surface area (Å²) in [6.45, 7) is 5.42. The van der Waals surface area contributed by atoms with E-state index in [0.717, 1.165) is 5.75 Å². The van der Waals surface area contributed by atoms with Crippen LogP contribution < -0.4 is 4.74 Å². The van der Waals surface area contributed by atoms with Crippen LogP contribution in [0.4, 0.5) is 0 Å². The van der Waals surface area contributed by atoms with Gasteiger partial charge in [-0.15, -0.1) is 0 Å². The number of carbonyl (C=O) groups excluding carboxylic acids is 1. The molecule has 5 heteroatoms. The Morgan fingerprint density at radius 1 is 1.32 bits per heavy atom. The average Bonchev–Trinajstić information content (AvgIpc) is 2.98. The second-order valence-corrected chi connectivity index (χ2v) is 5.99. The molecular weight excluding hydrogens is 282 g/mol. The van der Waals surface area contributed by atoms with E-state index in [4.69, 9.17) is 9.84 Å². The van der Waals surface area contributed by atoms with E-state index < -0.39 is 11.9 Å². The highest BCUT2D eigenvalue weighted by atomic mass is 16.5. The lowest BCUT2D eigenvalue weighted by atomic mass is 10.0. The topological polar surface area (TPSA) is 66.8 Å². The molecule has 0 saturated carbocycles. The van der Waals surface area contributed by atoms with Crippen LogP contribution >= 0.6 is 0 Å². The molecule has 1 fully saturated rings. The number of nitrogens with zero attached hydrogens (tertiary/aromatic N) is 1. The number of rotatable bonds is 6. The van der Waals surface area contributed by atoms with E-state index in [2.05, 4.69) is 13.8 Å². The molecule has 1 atom stereocenters. The van der Waals surface area contributed by atoms with Crippen LogP contribution in [0.25, 0.3) is 0 Å². The van der Waals surface area contributed by atoms with Gasteiger partial charge in [0.25, 0.3) is 0 Å². The number of carboxylic acids is 1. The highest BCUT2D eigenvalue weighted by Crippen LogP contribution is 2.19. The van der Waals surface area contributed by atoms with Gasteiger partial charge in [-0.1, -0.05) is 26.0 Å². The summed E-state index contributed by atoms with van der Waals surface area (Å²) in [5.41, 5.74) is 1.25. The predicted molar refractivity (Wildman–Crippen MR) is 83.0 cm³/mol. The largest absolute Gasteiger partial charge is 0.493 e. The number of ether oxygens (including phenoxy) is 1. The zero-order chi connectivity index (χ0) is 16.1. The summed E-state index contributed by atoms with van der Waals surface area (Å²) in [7, 11) is 0. The number of hydrogen-bond acceptors (Lipinski definition) is 3. The summed E-state index contributed by atoms with van der Waals surface area (Å²) < 4.78 is 5.58. The first kappa shape index (κ1) is 16.3. The molecule has 1 N–H and O–H groups in total. The highest BCUT2D eigenvalue weighted by Gasteiger charge is 2.30. The van der Waals surface area contributed by atoms with Gasteiger partial charge in [-0.25, -0.2) is 0 Å². The van der Waals surface area contributed by atoms with E-state index in [0.29, 0.717) is 32.0 Å². The van der Waals surface area contributed by atoms with Crippen LogP contribution in [0.15, 0.2) is 24.3 Å². The first-order chi connectivity index (χ1) is 10.5. The monoisotopic (exact) mass is 305 g/mol. The third-order valence-electron chi connectivity index (χ3n) is 4.02. The van der Waals surface area contributed by atoms with E-state index >= 15 is 0 Å². The molecule has 2 rings (SSSR count). The lowest BCUT2D eigenvalue weighted by Gasteiger charge is -2.16. The van der Waals surface area contributed by atoms with E-state index in [1.54, 1.807) is 4.90 Å². The summed E-state index contributed by atoms with van der Waals surface area (Å²) in [5, 5.41) is 8.94. The van der Waals surface area contributed by atoms with Crippen molar-refractivity contribution in [3.05, 3.63) is 29.8 Å². The molecule has 0 aliphatic carbocycles. The van der Waals surface area contributed by atoms with Gasteiger partial charge in [0.2, 0.25) is 5.91 Å². The van der Waals surface area contributed by atoms with Gasteiger partial charge < -0.3 is 14.7 Å². The highest BCUT2D eigenvalue weighted by molar-refractivity contribution is 5.78. The third kappa shape index (κ3) is 4.23. The standard InChI is InChI=1S/C17H23NO4/c1-12(2)13-3-5-15(6-4-13)22-10-8-16(19)18-9-7-14(11-18)17(20)21/h3-6,12,14H,7-11H2,1-2H3,(H,20,21)/t14-/m1/s1. The van der Waals surface area contributed by atoms with Gasteiger partial charge in [-0.3, -0.25) is 9.59 Å². The van der Waals surface area contributed by atoms with Gasteiger partial charge in [-0.2, -0.15) is 0 Å². The Morgan fingerprint density at radius 2 is 2.00 bits per heavy atom. The van der Waals surface area contributed by atoms with Crippen molar-refractivity contribution >= 4 is 11.9 Å². The SMILES string of the molecule is CC(C)c1ccc(OCCC(=O)N2CC[C@@H](C(=O)O)C2)cc1. The van der Waals surface area contributed by atoms with Gasteiger partial charge in [0, 0.05) is 13.1 Å². The Kier molecular flexibility index (Phi) is 5.41. The van der Waals surface area contributed by atoms with Crippen LogP contribution in [0.1, 0.15) is 38.2 Å². The van der Waals surface area contributed by atoms with Crippen LogP contribution in [-0.2, 0) is 9.59 Å². The van der Waals surface area contributed by atoms with E-state index in [1.807, 2.05) is 24.3 Å². The number of amides is 1. The molecule has 0 radical (unpaired) electrons. The van der Waals surface area contributed by atoms with Crippen LogP contribution in [-0.4, -0.2) is 41.6 Å². The molecule has 1 aliphatic rings. The Hall–Kier alpha value is -2.04. The Bertz CT molecular complexity index is 524. The van der Waals surface area contributed by atoms with E-state index in [9.17, 15) is 9.59 Å². The number of likely N-dealkylation sites (tertiary alicyclic amines) is 1. The Balaban J connectivity index is 1.74. The smallest absolute Gasteiger partial charge is 0.308 e.